The molecule has 1 heterocycles. The van der Waals surface area contributed by atoms with E-state index < -0.39 is 0 Å². The van der Waals surface area contributed by atoms with Gasteiger partial charge in [-0.15, -0.1) is 0 Å². The molecule has 5 nitrogen and oxygen atoms in total. The molecular weight excluding hydrogens is 290 g/mol. The van der Waals surface area contributed by atoms with Crippen LogP contribution in [-0.4, -0.2) is 23.7 Å². The van der Waals surface area contributed by atoms with Crippen molar-refractivity contribution in [1.82, 2.24) is 10.4 Å². The van der Waals surface area contributed by atoms with Crippen molar-refractivity contribution in [2.45, 2.75) is 26.2 Å². The summed E-state index contributed by atoms with van der Waals surface area (Å²) in [6, 6.07) is 11.3. The highest BCUT2D eigenvalue weighted by molar-refractivity contribution is 5.82. The molecule has 23 heavy (non-hydrogen) atoms. The lowest BCUT2D eigenvalue weighted by molar-refractivity contribution is -0.123. The predicted octanol–water partition coefficient (Wildman–Crippen LogP) is 2.91. The first-order valence-corrected chi connectivity index (χ1v) is 7.40. The van der Waals surface area contributed by atoms with Crippen LogP contribution in [0.3, 0.4) is 0 Å². The molecule has 1 N–H and O–H groups in total. The molecule has 0 saturated carbocycles. The Balaban J connectivity index is 1.79. The van der Waals surface area contributed by atoms with Crippen LogP contribution in [-0.2, 0) is 10.2 Å². The van der Waals surface area contributed by atoms with Crippen LogP contribution < -0.4 is 10.2 Å². The van der Waals surface area contributed by atoms with Gasteiger partial charge in [-0.3, -0.25) is 9.78 Å². The van der Waals surface area contributed by atoms with E-state index in [0.717, 1.165) is 5.56 Å². The van der Waals surface area contributed by atoms with Crippen LogP contribution in [0.25, 0.3) is 0 Å². The molecule has 5 heteroatoms. The van der Waals surface area contributed by atoms with Crippen LogP contribution in [0.15, 0.2) is 53.9 Å². The maximum absolute atomic E-state index is 11.7. The van der Waals surface area contributed by atoms with Gasteiger partial charge in [-0.2, -0.15) is 5.10 Å². The fourth-order valence-electron chi connectivity index (χ4n) is 1.86. The molecule has 1 amide bonds. The van der Waals surface area contributed by atoms with Crippen LogP contribution in [0.4, 0.5) is 0 Å². The van der Waals surface area contributed by atoms with Crippen LogP contribution in [0.1, 0.15) is 31.9 Å². The number of pyridine rings is 1. The molecule has 1 aromatic carbocycles. The first kappa shape index (κ1) is 16.7. The molecule has 2 aromatic rings. The third kappa shape index (κ3) is 5.54. The molecular formula is C18H21N3O2. The molecule has 0 bridgehead atoms. The van der Waals surface area contributed by atoms with Gasteiger partial charge < -0.3 is 4.74 Å². The number of rotatable bonds is 5. The summed E-state index contributed by atoms with van der Waals surface area (Å²) >= 11 is 0. The average molecular weight is 311 g/mol. The van der Waals surface area contributed by atoms with E-state index in [1.54, 1.807) is 30.7 Å². The molecule has 0 atom stereocenters. The summed E-state index contributed by atoms with van der Waals surface area (Å²) in [4.78, 5) is 15.6. The third-order valence-corrected chi connectivity index (χ3v) is 3.20. The minimum atomic E-state index is -0.310. The maximum Gasteiger partial charge on any atom is 0.277 e. The Morgan fingerprint density at radius 1 is 1.17 bits per heavy atom. The van der Waals surface area contributed by atoms with Crippen LogP contribution >= 0.6 is 0 Å². The topological polar surface area (TPSA) is 63.6 Å². The fraction of sp³-hybridized carbons (Fsp3) is 0.278. The van der Waals surface area contributed by atoms with Gasteiger partial charge in [-0.05, 0) is 40.8 Å². The Hall–Kier alpha value is -2.69. The van der Waals surface area contributed by atoms with Gasteiger partial charge in [0.1, 0.15) is 5.75 Å². The number of nitrogens with one attached hydrogen (secondary N) is 1. The number of hydrogen-bond acceptors (Lipinski definition) is 4. The molecule has 1 aromatic heterocycles. The first-order valence-electron chi connectivity index (χ1n) is 7.40. The zero-order valence-corrected chi connectivity index (χ0v) is 13.6. The number of hydrazone groups is 1. The maximum atomic E-state index is 11.7. The molecule has 0 aliphatic carbocycles. The number of hydrogen-bond donors (Lipinski definition) is 1. The van der Waals surface area contributed by atoms with E-state index in [1.165, 1.54) is 5.56 Å². The number of amides is 1. The summed E-state index contributed by atoms with van der Waals surface area (Å²) in [6.45, 7) is 6.37. The van der Waals surface area contributed by atoms with E-state index in [1.807, 2.05) is 24.3 Å². The van der Waals surface area contributed by atoms with Crippen molar-refractivity contribution >= 4 is 12.1 Å². The van der Waals surface area contributed by atoms with Gasteiger partial charge in [-0.25, -0.2) is 5.43 Å². The van der Waals surface area contributed by atoms with Crippen molar-refractivity contribution in [1.29, 1.82) is 0 Å². The number of benzene rings is 1. The highest BCUT2D eigenvalue weighted by Gasteiger charge is 2.13. The molecule has 0 aliphatic rings. The number of ether oxygens (including phenoxy) is 1. The van der Waals surface area contributed by atoms with Crippen molar-refractivity contribution in [3.05, 3.63) is 59.9 Å². The number of nitrogens with zero attached hydrogens (tertiary/aromatic N) is 2. The second-order valence-corrected chi connectivity index (χ2v) is 6.14. The lowest BCUT2D eigenvalue weighted by atomic mass is 9.87. The summed E-state index contributed by atoms with van der Waals surface area (Å²) in [5.41, 5.74) is 4.60. The van der Waals surface area contributed by atoms with Crippen LogP contribution in [0.2, 0.25) is 0 Å². The van der Waals surface area contributed by atoms with Gasteiger partial charge in [0.15, 0.2) is 6.61 Å². The van der Waals surface area contributed by atoms with E-state index in [2.05, 4.69) is 36.3 Å². The zero-order chi connectivity index (χ0) is 16.7. The molecule has 0 aliphatic heterocycles. The second kappa shape index (κ2) is 7.54. The Labute approximate surface area is 136 Å². The van der Waals surface area contributed by atoms with Gasteiger partial charge >= 0.3 is 0 Å². The zero-order valence-electron chi connectivity index (χ0n) is 13.6. The second-order valence-electron chi connectivity index (χ2n) is 6.14. The van der Waals surface area contributed by atoms with Gasteiger partial charge in [0.2, 0.25) is 0 Å². The van der Waals surface area contributed by atoms with E-state index in [0.29, 0.717) is 5.75 Å². The Morgan fingerprint density at radius 2 is 1.83 bits per heavy atom. The van der Waals surface area contributed by atoms with E-state index in [-0.39, 0.29) is 17.9 Å². The molecule has 0 spiro atoms. The number of carbonyl (C=O) groups excluding carboxylic acids is 1. The van der Waals surface area contributed by atoms with Gasteiger partial charge in [0.25, 0.3) is 5.91 Å². The van der Waals surface area contributed by atoms with E-state index in [9.17, 15) is 4.79 Å². The Bertz CT molecular complexity index is 659. The quantitative estimate of drug-likeness (QED) is 0.682. The van der Waals surface area contributed by atoms with Crippen molar-refractivity contribution in [2.24, 2.45) is 5.10 Å². The highest BCUT2D eigenvalue weighted by Crippen LogP contribution is 2.24. The minimum absolute atomic E-state index is 0.0808. The molecule has 2 rings (SSSR count). The number of aromatic nitrogens is 1. The minimum Gasteiger partial charge on any atom is -0.484 e. The fourth-order valence-corrected chi connectivity index (χ4v) is 1.86. The Morgan fingerprint density at radius 3 is 2.43 bits per heavy atom. The number of carbonyl (C=O) groups is 1. The third-order valence-electron chi connectivity index (χ3n) is 3.20. The summed E-state index contributed by atoms with van der Waals surface area (Å²) < 4.78 is 5.44. The van der Waals surface area contributed by atoms with Crippen molar-refractivity contribution in [3.8, 4) is 5.75 Å². The van der Waals surface area contributed by atoms with Crippen molar-refractivity contribution in [3.63, 3.8) is 0 Å². The molecule has 120 valence electrons. The summed E-state index contributed by atoms with van der Waals surface area (Å²) in [5.74, 6) is 0.349. The van der Waals surface area contributed by atoms with E-state index >= 15 is 0 Å². The van der Waals surface area contributed by atoms with Gasteiger partial charge in [0.05, 0.1) is 6.21 Å². The lowest BCUT2D eigenvalue weighted by Crippen LogP contribution is -2.24. The van der Waals surface area contributed by atoms with E-state index in [4.69, 9.17) is 4.74 Å². The van der Waals surface area contributed by atoms with Crippen LogP contribution in [0, 0.1) is 0 Å². The molecule has 0 saturated heterocycles. The van der Waals surface area contributed by atoms with Crippen molar-refractivity contribution in [2.75, 3.05) is 6.61 Å². The Kier molecular flexibility index (Phi) is 5.46. The standard InChI is InChI=1S/C18H21N3O2/c1-18(2,3)15-4-6-16(7-5-15)23-13-17(22)21-20-12-14-8-10-19-11-9-14/h4-12H,13H2,1-3H3,(H,21,22). The predicted molar refractivity (Wildman–Crippen MR) is 90.6 cm³/mol. The summed E-state index contributed by atoms with van der Waals surface area (Å²) in [7, 11) is 0. The smallest absolute Gasteiger partial charge is 0.277 e. The largest absolute Gasteiger partial charge is 0.484 e. The normalized spacial score (nSPS) is 11.4. The molecule has 0 radical (unpaired) electrons. The summed E-state index contributed by atoms with van der Waals surface area (Å²) in [6.07, 6.45) is 4.87. The summed E-state index contributed by atoms with van der Waals surface area (Å²) in [5, 5.41) is 3.87. The van der Waals surface area contributed by atoms with Gasteiger partial charge in [0, 0.05) is 12.4 Å². The van der Waals surface area contributed by atoms with Crippen molar-refractivity contribution < 1.29 is 9.53 Å². The highest BCUT2D eigenvalue weighted by atomic mass is 16.5. The molecule has 0 fully saturated rings. The van der Waals surface area contributed by atoms with Crippen LogP contribution in [0.5, 0.6) is 5.75 Å². The average Bonchev–Trinajstić information content (AvgIpc) is 2.53. The van der Waals surface area contributed by atoms with Gasteiger partial charge in [-0.1, -0.05) is 32.9 Å². The first-order chi connectivity index (χ1) is 10.9. The lowest BCUT2D eigenvalue weighted by Gasteiger charge is -2.19. The SMILES string of the molecule is CC(C)(C)c1ccc(OCC(=O)NN=Cc2ccncc2)cc1. The monoisotopic (exact) mass is 311 g/mol. The molecule has 0 unspecified atom stereocenters.